The third kappa shape index (κ3) is 3.85. The Morgan fingerprint density at radius 3 is 2.50 bits per heavy atom. The van der Waals surface area contributed by atoms with Crippen LogP contribution in [0.2, 0.25) is 0 Å². The normalized spacial score (nSPS) is 13.4. The number of hydrogen-bond donors (Lipinski definition) is 1. The molecule has 0 radical (unpaired) electrons. The number of rotatable bonds is 8. The molecule has 0 aliphatic rings. The second-order valence-corrected chi connectivity index (χ2v) is 7.87. The Bertz CT molecular complexity index is 526. The van der Waals surface area contributed by atoms with Crippen molar-refractivity contribution in [3.05, 3.63) is 0 Å². The van der Waals surface area contributed by atoms with Crippen molar-refractivity contribution in [1.29, 1.82) is 0 Å². The first kappa shape index (κ1) is 17.2. The molecule has 7 heteroatoms. The van der Waals surface area contributed by atoms with Crippen molar-refractivity contribution in [2.45, 2.75) is 45.4 Å². The largest absolute Gasteiger partial charge is 0.382 e. The van der Waals surface area contributed by atoms with E-state index in [0.29, 0.717) is 17.3 Å². The van der Waals surface area contributed by atoms with Crippen molar-refractivity contribution in [2.75, 3.05) is 29.5 Å². The SMILES string of the molecule is CCCS(=O)(=O)c1c(N)nsc1N(CC)CC(C)CC. The summed E-state index contributed by atoms with van der Waals surface area (Å²) in [7, 11) is -3.34. The zero-order valence-electron chi connectivity index (χ0n) is 12.7. The van der Waals surface area contributed by atoms with Crippen LogP contribution in [0.4, 0.5) is 10.8 Å². The molecule has 0 aliphatic heterocycles. The molecule has 0 amide bonds. The number of hydrogen-bond acceptors (Lipinski definition) is 6. The van der Waals surface area contributed by atoms with E-state index in [1.54, 1.807) is 0 Å². The summed E-state index contributed by atoms with van der Waals surface area (Å²) in [4.78, 5) is 2.31. The molecule has 0 fully saturated rings. The average Bonchev–Trinajstić information content (AvgIpc) is 2.78. The molecule has 0 spiro atoms. The molecule has 0 aliphatic carbocycles. The van der Waals surface area contributed by atoms with Gasteiger partial charge in [0.1, 0.15) is 9.90 Å². The summed E-state index contributed by atoms with van der Waals surface area (Å²) in [5.74, 6) is 0.754. The Hall–Kier alpha value is -0.820. The van der Waals surface area contributed by atoms with E-state index in [-0.39, 0.29) is 16.5 Å². The zero-order chi connectivity index (χ0) is 15.3. The van der Waals surface area contributed by atoms with E-state index in [4.69, 9.17) is 5.73 Å². The van der Waals surface area contributed by atoms with Gasteiger partial charge in [-0.2, -0.15) is 4.37 Å². The summed E-state index contributed by atoms with van der Waals surface area (Å²) in [6.07, 6.45) is 1.64. The number of nitrogens with two attached hydrogens (primary N) is 1. The average molecular weight is 319 g/mol. The number of sulfone groups is 1. The van der Waals surface area contributed by atoms with E-state index in [1.165, 1.54) is 11.5 Å². The minimum Gasteiger partial charge on any atom is -0.382 e. The van der Waals surface area contributed by atoms with Crippen LogP contribution in [-0.2, 0) is 9.84 Å². The lowest BCUT2D eigenvalue weighted by atomic mass is 10.1. The molecule has 1 rings (SSSR count). The summed E-state index contributed by atoms with van der Waals surface area (Å²) < 4.78 is 28.8. The highest BCUT2D eigenvalue weighted by molar-refractivity contribution is 7.91. The maximum absolute atomic E-state index is 12.4. The molecule has 1 unspecified atom stereocenters. The van der Waals surface area contributed by atoms with Crippen LogP contribution >= 0.6 is 11.5 Å². The highest BCUT2D eigenvalue weighted by atomic mass is 32.2. The summed E-state index contributed by atoms with van der Waals surface area (Å²) in [6, 6.07) is 0. The molecule has 20 heavy (non-hydrogen) atoms. The highest BCUT2D eigenvalue weighted by Crippen LogP contribution is 2.36. The molecule has 0 saturated heterocycles. The molecule has 2 N–H and O–H groups in total. The van der Waals surface area contributed by atoms with Crippen molar-refractivity contribution in [3.63, 3.8) is 0 Å². The van der Waals surface area contributed by atoms with E-state index < -0.39 is 9.84 Å². The van der Waals surface area contributed by atoms with Crippen LogP contribution in [0.5, 0.6) is 0 Å². The van der Waals surface area contributed by atoms with Crippen molar-refractivity contribution in [2.24, 2.45) is 5.92 Å². The monoisotopic (exact) mass is 319 g/mol. The molecule has 5 nitrogen and oxygen atoms in total. The first-order chi connectivity index (χ1) is 9.37. The van der Waals surface area contributed by atoms with E-state index in [9.17, 15) is 8.42 Å². The van der Waals surface area contributed by atoms with Gasteiger partial charge in [0, 0.05) is 13.1 Å². The lowest BCUT2D eigenvalue weighted by molar-refractivity contribution is 0.547. The Morgan fingerprint density at radius 1 is 1.35 bits per heavy atom. The smallest absolute Gasteiger partial charge is 0.185 e. The van der Waals surface area contributed by atoms with Crippen LogP contribution in [0.1, 0.15) is 40.5 Å². The Labute approximate surface area is 126 Å². The zero-order valence-corrected chi connectivity index (χ0v) is 14.4. The molecular weight excluding hydrogens is 294 g/mol. The Morgan fingerprint density at radius 2 is 2.00 bits per heavy atom. The van der Waals surface area contributed by atoms with Crippen LogP contribution in [-0.4, -0.2) is 31.6 Å². The van der Waals surface area contributed by atoms with E-state index in [1.807, 2.05) is 13.8 Å². The van der Waals surface area contributed by atoms with Gasteiger partial charge < -0.3 is 10.6 Å². The van der Waals surface area contributed by atoms with Gasteiger partial charge in [-0.3, -0.25) is 0 Å². The number of aromatic nitrogens is 1. The van der Waals surface area contributed by atoms with Crippen LogP contribution in [0.25, 0.3) is 0 Å². The Balaban J connectivity index is 3.19. The molecule has 0 saturated carbocycles. The van der Waals surface area contributed by atoms with Crippen molar-refractivity contribution >= 4 is 32.2 Å². The molecule has 1 heterocycles. The van der Waals surface area contributed by atoms with Crippen molar-refractivity contribution < 1.29 is 8.42 Å². The predicted octanol–water partition coefficient (Wildman–Crippen LogP) is 2.78. The lowest BCUT2D eigenvalue weighted by Crippen LogP contribution is -2.28. The maximum Gasteiger partial charge on any atom is 0.185 e. The van der Waals surface area contributed by atoms with Gasteiger partial charge in [-0.1, -0.05) is 27.2 Å². The predicted molar refractivity (Wildman–Crippen MR) is 86.2 cm³/mol. The molecule has 116 valence electrons. The number of nitrogen functional groups attached to an aromatic ring is 1. The lowest BCUT2D eigenvalue weighted by Gasteiger charge is -2.25. The van der Waals surface area contributed by atoms with Crippen LogP contribution < -0.4 is 10.6 Å². The van der Waals surface area contributed by atoms with E-state index in [0.717, 1.165) is 19.5 Å². The fraction of sp³-hybridized carbons (Fsp3) is 0.769. The molecule has 1 aromatic heterocycles. The number of anilines is 2. The van der Waals surface area contributed by atoms with Gasteiger partial charge in [0.25, 0.3) is 0 Å². The third-order valence-corrected chi connectivity index (χ3v) is 6.36. The van der Waals surface area contributed by atoms with Crippen LogP contribution in [0.3, 0.4) is 0 Å². The van der Waals surface area contributed by atoms with E-state index >= 15 is 0 Å². The molecule has 0 bridgehead atoms. The molecule has 0 aromatic carbocycles. The van der Waals surface area contributed by atoms with Gasteiger partial charge >= 0.3 is 0 Å². The minimum atomic E-state index is -3.34. The van der Waals surface area contributed by atoms with Gasteiger partial charge in [-0.25, -0.2) is 8.42 Å². The minimum absolute atomic E-state index is 0.115. The van der Waals surface area contributed by atoms with Crippen molar-refractivity contribution in [3.8, 4) is 0 Å². The summed E-state index contributed by atoms with van der Waals surface area (Å²) in [6.45, 7) is 9.74. The molecule has 1 aromatic rings. The summed E-state index contributed by atoms with van der Waals surface area (Å²) in [5, 5.41) is 0.693. The topological polar surface area (TPSA) is 76.3 Å². The first-order valence-corrected chi connectivity index (χ1v) is 9.52. The molecular formula is C13H25N3O2S2. The Kier molecular flexibility index (Phi) is 6.26. The highest BCUT2D eigenvalue weighted by Gasteiger charge is 2.27. The second-order valence-electron chi connectivity index (χ2n) is 5.07. The van der Waals surface area contributed by atoms with Crippen molar-refractivity contribution in [1.82, 2.24) is 4.37 Å². The standard InChI is InChI=1S/C13H25N3O2S2/c1-5-8-20(17,18)11-12(14)15-19-13(11)16(7-3)9-10(4)6-2/h10H,5-9H2,1-4H3,(H2,14,15). The van der Waals surface area contributed by atoms with Gasteiger partial charge in [0.2, 0.25) is 0 Å². The quantitative estimate of drug-likeness (QED) is 0.797. The van der Waals surface area contributed by atoms with E-state index in [2.05, 4.69) is 23.1 Å². The molecule has 1 atom stereocenters. The summed E-state index contributed by atoms with van der Waals surface area (Å²) >= 11 is 1.19. The van der Waals surface area contributed by atoms with Gasteiger partial charge in [0.15, 0.2) is 15.7 Å². The number of nitrogens with zero attached hydrogens (tertiary/aromatic N) is 2. The van der Waals surface area contributed by atoms with Gasteiger partial charge in [-0.05, 0) is 30.8 Å². The van der Waals surface area contributed by atoms with Gasteiger partial charge in [0.05, 0.1) is 5.75 Å². The first-order valence-electron chi connectivity index (χ1n) is 7.10. The van der Waals surface area contributed by atoms with Crippen LogP contribution in [0.15, 0.2) is 4.90 Å². The fourth-order valence-electron chi connectivity index (χ4n) is 2.01. The summed E-state index contributed by atoms with van der Waals surface area (Å²) in [5.41, 5.74) is 5.81. The fourth-order valence-corrected chi connectivity index (χ4v) is 4.84. The maximum atomic E-state index is 12.4. The van der Waals surface area contributed by atoms with Crippen LogP contribution in [0, 0.1) is 5.92 Å². The second kappa shape index (κ2) is 7.26. The van der Waals surface area contributed by atoms with Gasteiger partial charge in [-0.15, -0.1) is 0 Å². The third-order valence-electron chi connectivity index (χ3n) is 3.34.